The minimum Gasteiger partial charge on any atom is -0.306 e. The summed E-state index contributed by atoms with van der Waals surface area (Å²) in [5.41, 5.74) is 1.92. The molecule has 1 N–H and O–H groups in total. The molecule has 0 heterocycles. The van der Waals surface area contributed by atoms with Crippen LogP contribution >= 0.6 is 11.8 Å². The molecule has 1 unspecified atom stereocenters. The second-order valence-corrected chi connectivity index (χ2v) is 5.35. The quantitative estimate of drug-likeness (QED) is 0.812. The molecular formula is C16H18FNS. The van der Waals surface area contributed by atoms with Gasteiger partial charge in [0.15, 0.2) is 0 Å². The van der Waals surface area contributed by atoms with E-state index in [-0.39, 0.29) is 11.9 Å². The van der Waals surface area contributed by atoms with Gasteiger partial charge in [-0.1, -0.05) is 30.3 Å². The smallest absolute Gasteiger partial charge is 0.127 e. The van der Waals surface area contributed by atoms with Gasteiger partial charge in [-0.05, 0) is 36.9 Å². The predicted octanol–water partition coefficient (Wildman–Crippen LogP) is 4.40. The van der Waals surface area contributed by atoms with Gasteiger partial charge in [0.2, 0.25) is 0 Å². The van der Waals surface area contributed by atoms with Crippen molar-refractivity contribution in [2.45, 2.75) is 24.4 Å². The zero-order chi connectivity index (χ0) is 13.7. The number of hydrogen-bond donors (Lipinski definition) is 1. The van der Waals surface area contributed by atoms with Crippen LogP contribution in [-0.2, 0) is 6.54 Å². The highest BCUT2D eigenvalue weighted by atomic mass is 32.2. The van der Waals surface area contributed by atoms with Crippen molar-refractivity contribution >= 4 is 11.8 Å². The first-order valence-corrected chi connectivity index (χ1v) is 7.54. The average molecular weight is 275 g/mol. The van der Waals surface area contributed by atoms with Crippen LogP contribution in [0.5, 0.6) is 0 Å². The Bertz CT molecular complexity index is 525. The van der Waals surface area contributed by atoms with Gasteiger partial charge in [0.25, 0.3) is 0 Å². The van der Waals surface area contributed by atoms with E-state index in [0.717, 1.165) is 0 Å². The molecule has 0 saturated carbocycles. The van der Waals surface area contributed by atoms with E-state index in [1.807, 2.05) is 12.1 Å². The molecule has 0 aliphatic heterocycles. The molecular weight excluding hydrogens is 257 g/mol. The first kappa shape index (κ1) is 14.1. The van der Waals surface area contributed by atoms with Crippen LogP contribution in [-0.4, -0.2) is 6.26 Å². The Morgan fingerprint density at radius 2 is 1.79 bits per heavy atom. The lowest BCUT2D eigenvalue weighted by Crippen LogP contribution is -2.18. The van der Waals surface area contributed by atoms with E-state index in [1.54, 1.807) is 17.8 Å². The van der Waals surface area contributed by atoms with E-state index in [9.17, 15) is 4.39 Å². The van der Waals surface area contributed by atoms with Crippen molar-refractivity contribution in [1.29, 1.82) is 0 Å². The summed E-state index contributed by atoms with van der Waals surface area (Å²) in [6.45, 7) is 2.63. The van der Waals surface area contributed by atoms with Gasteiger partial charge >= 0.3 is 0 Å². The molecule has 0 aliphatic rings. The fraction of sp³-hybridized carbons (Fsp3) is 0.250. The number of nitrogens with one attached hydrogen (secondary N) is 1. The molecule has 2 aromatic carbocycles. The average Bonchev–Trinajstić information content (AvgIpc) is 2.46. The van der Waals surface area contributed by atoms with Gasteiger partial charge < -0.3 is 5.32 Å². The van der Waals surface area contributed by atoms with Gasteiger partial charge in [-0.15, -0.1) is 11.8 Å². The van der Waals surface area contributed by atoms with Gasteiger partial charge in [0, 0.05) is 23.0 Å². The van der Waals surface area contributed by atoms with Gasteiger partial charge in [0.1, 0.15) is 5.82 Å². The Labute approximate surface area is 118 Å². The van der Waals surface area contributed by atoms with E-state index in [0.29, 0.717) is 12.1 Å². The van der Waals surface area contributed by atoms with Crippen LogP contribution in [0, 0.1) is 5.82 Å². The Balaban J connectivity index is 1.97. The Hall–Kier alpha value is -1.32. The fourth-order valence-electron chi connectivity index (χ4n) is 1.92. The maximum atomic E-state index is 13.5. The van der Waals surface area contributed by atoms with E-state index in [2.05, 4.69) is 42.8 Å². The molecule has 0 bridgehead atoms. The van der Waals surface area contributed by atoms with Crippen molar-refractivity contribution in [3.05, 3.63) is 65.5 Å². The van der Waals surface area contributed by atoms with E-state index < -0.39 is 0 Å². The van der Waals surface area contributed by atoms with Gasteiger partial charge in [-0.3, -0.25) is 0 Å². The summed E-state index contributed by atoms with van der Waals surface area (Å²) in [5.74, 6) is -0.153. The molecule has 19 heavy (non-hydrogen) atoms. The SMILES string of the molecule is CSc1ccc(C(C)NCc2ccccc2F)cc1. The zero-order valence-corrected chi connectivity index (χ0v) is 12.0. The molecule has 0 spiro atoms. The monoisotopic (exact) mass is 275 g/mol. The molecule has 3 heteroatoms. The lowest BCUT2D eigenvalue weighted by molar-refractivity contribution is 0.544. The van der Waals surface area contributed by atoms with Crippen LogP contribution in [0.1, 0.15) is 24.1 Å². The van der Waals surface area contributed by atoms with E-state index in [4.69, 9.17) is 0 Å². The molecule has 100 valence electrons. The summed E-state index contributed by atoms with van der Waals surface area (Å²) < 4.78 is 13.5. The third-order valence-corrected chi connectivity index (χ3v) is 3.92. The van der Waals surface area contributed by atoms with Crippen LogP contribution in [0.2, 0.25) is 0 Å². The lowest BCUT2D eigenvalue weighted by atomic mass is 10.1. The minimum absolute atomic E-state index is 0.153. The maximum Gasteiger partial charge on any atom is 0.127 e. The molecule has 2 rings (SSSR count). The molecule has 2 aromatic rings. The largest absolute Gasteiger partial charge is 0.306 e. The van der Waals surface area contributed by atoms with Gasteiger partial charge in [-0.2, -0.15) is 0 Å². The van der Waals surface area contributed by atoms with Crippen molar-refractivity contribution in [2.75, 3.05) is 6.26 Å². The highest BCUT2D eigenvalue weighted by Crippen LogP contribution is 2.19. The molecule has 0 fully saturated rings. The zero-order valence-electron chi connectivity index (χ0n) is 11.2. The standard InChI is InChI=1S/C16H18FNS/c1-12(13-7-9-15(19-2)10-8-13)18-11-14-5-3-4-6-16(14)17/h3-10,12,18H,11H2,1-2H3. The second kappa shape index (κ2) is 6.73. The number of hydrogen-bond acceptors (Lipinski definition) is 2. The summed E-state index contributed by atoms with van der Waals surface area (Å²) in [6, 6.07) is 15.5. The van der Waals surface area contributed by atoms with Crippen molar-refractivity contribution < 1.29 is 4.39 Å². The number of thioether (sulfide) groups is 1. The summed E-state index contributed by atoms with van der Waals surface area (Å²) in [5, 5.41) is 3.35. The topological polar surface area (TPSA) is 12.0 Å². The van der Waals surface area contributed by atoms with E-state index >= 15 is 0 Å². The van der Waals surface area contributed by atoms with Crippen LogP contribution < -0.4 is 5.32 Å². The van der Waals surface area contributed by atoms with Crippen molar-refractivity contribution in [2.24, 2.45) is 0 Å². The third kappa shape index (κ3) is 3.82. The van der Waals surface area contributed by atoms with Crippen molar-refractivity contribution in [1.82, 2.24) is 5.32 Å². The molecule has 1 nitrogen and oxygen atoms in total. The Kier molecular flexibility index (Phi) is 5.00. The predicted molar refractivity (Wildman–Crippen MR) is 79.9 cm³/mol. The number of halogens is 1. The van der Waals surface area contributed by atoms with Gasteiger partial charge in [0.05, 0.1) is 0 Å². The summed E-state index contributed by atoms with van der Waals surface area (Å²) in [6.07, 6.45) is 2.06. The van der Waals surface area contributed by atoms with Crippen LogP contribution in [0.25, 0.3) is 0 Å². The summed E-state index contributed by atoms with van der Waals surface area (Å²) in [7, 11) is 0. The van der Waals surface area contributed by atoms with Crippen LogP contribution in [0.3, 0.4) is 0 Å². The first-order valence-electron chi connectivity index (χ1n) is 6.31. The molecule has 0 radical (unpaired) electrons. The van der Waals surface area contributed by atoms with Crippen molar-refractivity contribution in [3.63, 3.8) is 0 Å². The molecule has 0 aliphatic carbocycles. The van der Waals surface area contributed by atoms with Crippen LogP contribution in [0.15, 0.2) is 53.4 Å². The third-order valence-electron chi connectivity index (χ3n) is 3.17. The van der Waals surface area contributed by atoms with E-state index in [1.165, 1.54) is 16.5 Å². The first-order chi connectivity index (χ1) is 9.20. The number of benzene rings is 2. The molecule has 0 saturated heterocycles. The fourth-order valence-corrected chi connectivity index (χ4v) is 2.32. The second-order valence-electron chi connectivity index (χ2n) is 4.47. The normalized spacial score (nSPS) is 12.4. The Morgan fingerprint density at radius 1 is 1.11 bits per heavy atom. The minimum atomic E-state index is -0.153. The lowest BCUT2D eigenvalue weighted by Gasteiger charge is -2.15. The molecule has 0 amide bonds. The molecule has 0 aromatic heterocycles. The molecule has 1 atom stereocenters. The number of rotatable bonds is 5. The van der Waals surface area contributed by atoms with Crippen LogP contribution in [0.4, 0.5) is 4.39 Å². The highest BCUT2D eigenvalue weighted by molar-refractivity contribution is 7.98. The highest BCUT2D eigenvalue weighted by Gasteiger charge is 2.06. The van der Waals surface area contributed by atoms with Gasteiger partial charge in [-0.25, -0.2) is 4.39 Å². The maximum absolute atomic E-state index is 13.5. The van der Waals surface area contributed by atoms with Crippen molar-refractivity contribution in [3.8, 4) is 0 Å². The Morgan fingerprint density at radius 3 is 2.42 bits per heavy atom. The summed E-state index contributed by atoms with van der Waals surface area (Å²) in [4.78, 5) is 1.25. The summed E-state index contributed by atoms with van der Waals surface area (Å²) >= 11 is 1.73.